The van der Waals surface area contributed by atoms with Crippen LogP contribution in [0.4, 0.5) is 5.82 Å². The second-order valence-corrected chi connectivity index (χ2v) is 7.91. The second kappa shape index (κ2) is 5.18. The summed E-state index contributed by atoms with van der Waals surface area (Å²) in [7, 11) is -1.52. The zero-order valence-corrected chi connectivity index (χ0v) is 13.8. The third-order valence-corrected chi connectivity index (χ3v) is 5.45. The molecule has 114 valence electrons. The van der Waals surface area contributed by atoms with Gasteiger partial charge in [0.15, 0.2) is 9.84 Å². The SMILES string of the molecule is Cc1ccc(-c2c(C(C)S(C)(=O)=O)nn(C)c2N)cc1C. The fraction of sp³-hybridized carbons (Fsp3) is 0.400. The molecule has 0 saturated heterocycles. The highest BCUT2D eigenvalue weighted by Crippen LogP contribution is 2.36. The van der Waals surface area contributed by atoms with Gasteiger partial charge >= 0.3 is 0 Å². The van der Waals surface area contributed by atoms with Crippen molar-refractivity contribution in [2.75, 3.05) is 12.0 Å². The standard InChI is InChI=1S/C15H21N3O2S/c1-9-6-7-12(8-10(9)2)13-14(11(3)21(5,19)20)17-18(4)15(13)16/h6-8,11H,16H2,1-5H3. The topological polar surface area (TPSA) is 78.0 Å². The zero-order chi connectivity index (χ0) is 15.9. The van der Waals surface area contributed by atoms with Gasteiger partial charge in [-0.2, -0.15) is 5.10 Å². The van der Waals surface area contributed by atoms with E-state index in [0.29, 0.717) is 17.1 Å². The van der Waals surface area contributed by atoms with Gasteiger partial charge in [0.25, 0.3) is 0 Å². The number of sulfone groups is 1. The second-order valence-electron chi connectivity index (χ2n) is 5.54. The van der Waals surface area contributed by atoms with Crippen LogP contribution >= 0.6 is 0 Å². The van der Waals surface area contributed by atoms with Crippen molar-refractivity contribution in [3.8, 4) is 11.1 Å². The smallest absolute Gasteiger partial charge is 0.155 e. The third-order valence-electron chi connectivity index (χ3n) is 3.94. The lowest BCUT2D eigenvalue weighted by molar-refractivity contribution is 0.589. The van der Waals surface area contributed by atoms with Crippen LogP contribution in [0.15, 0.2) is 18.2 Å². The molecule has 0 fully saturated rings. The quantitative estimate of drug-likeness (QED) is 0.944. The Hall–Kier alpha value is -1.82. The first kappa shape index (κ1) is 15.6. The molecule has 1 unspecified atom stereocenters. The van der Waals surface area contributed by atoms with Gasteiger partial charge in [0.1, 0.15) is 11.1 Å². The summed E-state index contributed by atoms with van der Waals surface area (Å²) < 4.78 is 25.3. The first-order chi connectivity index (χ1) is 9.62. The predicted octanol–water partition coefficient (Wildman–Crippen LogP) is 2.39. The minimum Gasteiger partial charge on any atom is -0.383 e. The molecule has 2 aromatic rings. The molecule has 0 saturated carbocycles. The zero-order valence-electron chi connectivity index (χ0n) is 13.0. The summed E-state index contributed by atoms with van der Waals surface area (Å²) in [5.41, 5.74) is 10.5. The van der Waals surface area contributed by atoms with Gasteiger partial charge in [-0.15, -0.1) is 0 Å². The van der Waals surface area contributed by atoms with Crippen LogP contribution in [-0.2, 0) is 16.9 Å². The molecule has 0 spiro atoms. The molecule has 1 atom stereocenters. The van der Waals surface area contributed by atoms with E-state index in [4.69, 9.17) is 5.73 Å². The highest BCUT2D eigenvalue weighted by molar-refractivity contribution is 7.90. The number of nitrogens with zero attached hydrogens (tertiary/aromatic N) is 2. The number of rotatable bonds is 3. The first-order valence-corrected chi connectivity index (χ1v) is 8.67. The Bertz CT molecular complexity index is 791. The molecule has 1 aromatic carbocycles. The van der Waals surface area contributed by atoms with Gasteiger partial charge in [-0.25, -0.2) is 8.42 Å². The lowest BCUT2D eigenvalue weighted by Gasteiger charge is -2.11. The van der Waals surface area contributed by atoms with E-state index in [9.17, 15) is 8.42 Å². The van der Waals surface area contributed by atoms with Crippen molar-refractivity contribution in [1.82, 2.24) is 9.78 Å². The Morgan fingerprint density at radius 1 is 1.24 bits per heavy atom. The molecule has 1 heterocycles. The molecule has 0 amide bonds. The number of aromatic nitrogens is 2. The number of nitrogens with two attached hydrogens (primary N) is 1. The van der Waals surface area contributed by atoms with Crippen molar-refractivity contribution in [1.29, 1.82) is 0 Å². The lowest BCUT2D eigenvalue weighted by Crippen LogP contribution is -2.09. The van der Waals surface area contributed by atoms with E-state index >= 15 is 0 Å². The number of hydrogen-bond donors (Lipinski definition) is 1. The molecule has 0 bridgehead atoms. The van der Waals surface area contributed by atoms with E-state index < -0.39 is 15.1 Å². The van der Waals surface area contributed by atoms with Crippen LogP contribution in [0.1, 0.15) is 29.0 Å². The average Bonchev–Trinajstić information content (AvgIpc) is 2.67. The summed E-state index contributed by atoms with van der Waals surface area (Å²) >= 11 is 0. The van der Waals surface area contributed by atoms with E-state index in [-0.39, 0.29) is 0 Å². The van der Waals surface area contributed by atoms with Crippen LogP contribution in [0, 0.1) is 13.8 Å². The molecule has 0 aliphatic rings. The van der Waals surface area contributed by atoms with Gasteiger partial charge in [0.2, 0.25) is 0 Å². The van der Waals surface area contributed by atoms with Crippen LogP contribution < -0.4 is 5.73 Å². The maximum absolute atomic E-state index is 11.9. The minimum absolute atomic E-state index is 0.476. The maximum atomic E-state index is 11.9. The van der Waals surface area contributed by atoms with E-state index in [1.54, 1.807) is 14.0 Å². The maximum Gasteiger partial charge on any atom is 0.155 e. The van der Waals surface area contributed by atoms with Crippen molar-refractivity contribution >= 4 is 15.7 Å². The van der Waals surface area contributed by atoms with Gasteiger partial charge in [-0.3, -0.25) is 4.68 Å². The van der Waals surface area contributed by atoms with Gasteiger partial charge < -0.3 is 5.73 Å². The fourth-order valence-corrected chi connectivity index (χ4v) is 2.81. The Kier molecular flexibility index (Phi) is 3.84. The average molecular weight is 307 g/mol. The van der Waals surface area contributed by atoms with Crippen molar-refractivity contribution < 1.29 is 8.42 Å². The Morgan fingerprint density at radius 2 is 1.86 bits per heavy atom. The van der Waals surface area contributed by atoms with Crippen LogP contribution in [0.5, 0.6) is 0 Å². The van der Waals surface area contributed by atoms with E-state index in [0.717, 1.165) is 11.1 Å². The number of anilines is 1. The molecule has 1 aromatic heterocycles. The molecule has 2 rings (SSSR count). The Morgan fingerprint density at radius 3 is 2.38 bits per heavy atom. The van der Waals surface area contributed by atoms with Crippen LogP contribution in [0.3, 0.4) is 0 Å². The van der Waals surface area contributed by atoms with Crippen LogP contribution in [0.2, 0.25) is 0 Å². The summed E-state index contributed by atoms with van der Waals surface area (Å²) in [5.74, 6) is 0.476. The van der Waals surface area contributed by atoms with E-state index in [1.807, 2.05) is 32.0 Å². The molecule has 0 aliphatic heterocycles. The van der Waals surface area contributed by atoms with E-state index in [2.05, 4.69) is 5.10 Å². The van der Waals surface area contributed by atoms with Crippen molar-refractivity contribution in [2.45, 2.75) is 26.0 Å². The molecule has 6 heteroatoms. The number of nitrogen functional groups attached to an aromatic ring is 1. The molecular weight excluding hydrogens is 286 g/mol. The van der Waals surface area contributed by atoms with Crippen LogP contribution in [-0.4, -0.2) is 24.5 Å². The highest BCUT2D eigenvalue weighted by Gasteiger charge is 2.27. The van der Waals surface area contributed by atoms with Gasteiger partial charge in [-0.1, -0.05) is 18.2 Å². The Balaban J connectivity index is 2.71. The monoisotopic (exact) mass is 307 g/mol. The molecular formula is C15H21N3O2S. The molecule has 5 nitrogen and oxygen atoms in total. The summed E-state index contributed by atoms with van der Waals surface area (Å²) in [6, 6.07) is 5.97. The summed E-state index contributed by atoms with van der Waals surface area (Å²) in [5, 5.41) is 3.62. The third kappa shape index (κ3) is 2.81. The normalized spacial score (nSPS) is 13.4. The summed E-state index contributed by atoms with van der Waals surface area (Å²) in [6.45, 7) is 5.69. The van der Waals surface area contributed by atoms with E-state index in [1.165, 1.54) is 16.5 Å². The van der Waals surface area contributed by atoms with Crippen molar-refractivity contribution in [3.05, 3.63) is 35.0 Å². The summed E-state index contributed by atoms with van der Waals surface area (Å²) in [4.78, 5) is 0. The van der Waals surface area contributed by atoms with Gasteiger partial charge in [-0.05, 0) is 37.5 Å². The van der Waals surface area contributed by atoms with Crippen molar-refractivity contribution in [3.63, 3.8) is 0 Å². The predicted molar refractivity (Wildman–Crippen MR) is 85.8 cm³/mol. The molecule has 0 aliphatic carbocycles. The fourth-order valence-electron chi connectivity index (χ4n) is 2.24. The van der Waals surface area contributed by atoms with Crippen molar-refractivity contribution in [2.24, 2.45) is 7.05 Å². The lowest BCUT2D eigenvalue weighted by atomic mass is 9.99. The van der Waals surface area contributed by atoms with Gasteiger partial charge in [0, 0.05) is 18.9 Å². The largest absolute Gasteiger partial charge is 0.383 e. The van der Waals surface area contributed by atoms with Gasteiger partial charge in [0.05, 0.1) is 5.69 Å². The van der Waals surface area contributed by atoms with Crippen LogP contribution in [0.25, 0.3) is 11.1 Å². The minimum atomic E-state index is -3.24. The first-order valence-electron chi connectivity index (χ1n) is 6.71. The molecule has 21 heavy (non-hydrogen) atoms. The number of hydrogen-bond acceptors (Lipinski definition) is 4. The molecule has 0 radical (unpaired) electrons. The summed E-state index contributed by atoms with van der Waals surface area (Å²) in [6.07, 6.45) is 1.21. The highest BCUT2D eigenvalue weighted by atomic mass is 32.2. The molecule has 2 N–H and O–H groups in total. The number of aryl methyl sites for hydroxylation is 3. The Labute approximate surface area is 125 Å². The number of benzene rings is 1.